The first-order chi connectivity index (χ1) is 7.15. The van der Waals surface area contributed by atoms with Crippen LogP contribution in [-0.2, 0) is 11.3 Å². The minimum Gasteiger partial charge on any atom is -0.475 e. The van der Waals surface area contributed by atoms with Crippen LogP contribution in [-0.4, -0.2) is 38.3 Å². The molecule has 1 aromatic rings. The Morgan fingerprint density at radius 1 is 1.73 bits per heavy atom. The highest BCUT2D eigenvalue weighted by molar-refractivity contribution is 5.82. The summed E-state index contributed by atoms with van der Waals surface area (Å²) in [4.78, 5) is 25.0. The van der Waals surface area contributed by atoms with E-state index < -0.39 is 5.97 Å². The van der Waals surface area contributed by atoms with Gasteiger partial charge in [0.15, 0.2) is 0 Å². The van der Waals surface area contributed by atoms with Gasteiger partial charge in [0, 0.05) is 25.4 Å². The van der Waals surface area contributed by atoms with E-state index in [1.807, 2.05) is 0 Å². The van der Waals surface area contributed by atoms with Gasteiger partial charge in [0.1, 0.15) is 6.33 Å². The molecule has 2 heterocycles. The van der Waals surface area contributed by atoms with Gasteiger partial charge < -0.3 is 10.4 Å². The first-order valence-corrected chi connectivity index (χ1v) is 4.54. The van der Waals surface area contributed by atoms with E-state index in [0.717, 1.165) is 0 Å². The summed E-state index contributed by atoms with van der Waals surface area (Å²) >= 11 is 0. The second-order valence-electron chi connectivity index (χ2n) is 3.47. The predicted molar refractivity (Wildman–Crippen MR) is 48.1 cm³/mol. The van der Waals surface area contributed by atoms with E-state index in [1.54, 1.807) is 0 Å². The normalized spacial score (nSPS) is 20.3. The van der Waals surface area contributed by atoms with Crippen molar-refractivity contribution in [2.24, 2.45) is 5.92 Å². The molecule has 1 atom stereocenters. The lowest BCUT2D eigenvalue weighted by Gasteiger charge is -2.05. The Morgan fingerprint density at radius 2 is 2.53 bits per heavy atom. The first-order valence-electron chi connectivity index (χ1n) is 4.54. The molecular formula is C8H10N4O3. The number of carboxylic acid groups (broad SMARTS) is 1. The Morgan fingerprint density at radius 3 is 3.07 bits per heavy atom. The summed E-state index contributed by atoms with van der Waals surface area (Å²) < 4.78 is 1.45. The fourth-order valence-electron chi connectivity index (χ4n) is 1.54. The summed E-state index contributed by atoms with van der Waals surface area (Å²) in [5.41, 5.74) is 0. The van der Waals surface area contributed by atoms with Crippen molar-refractivity contribution in [2.75, 3.05) is 6.54 Å². The van der Waals surface area contributed by atoms with Gasteiger partial charge in [-0.25, -0.2) is 9.78 Å². The number of carbonyl (C=O) groups is 2. The molecule has 7 nitrogen and oxygen atoms in total. The fourth-order valence-corrected chi connectivity index (χ4v) is 1.54. The van der Waals surface area contributed by atoms with Crippen LogP contribution in [0.3, 0.4) is 0 Å². The Labute approximate surface area is 85.1 Å². The van der Waals surface area contributed by atoms with Gasteiger partial charge in [0.25, 0.3) is 5.82 Å². The third-order valence-corrected chi connectivity index (χ3v) is 2.23. The monoisotopic (exact) mass is 210 g/mol. The maximum Gasteiger partial charge on any atom is 0.375 e. The highest BCUT2D eigenvalue weighted by atomic mass is 16.4. The second-order valence-corrected chi connectivity index (χ2v) is 3.47. The molecule has 0 spiro atoms. The largest absolute Gasteiger partial charge is 0.475 e. The Bertz CT molecular complexity index is 400. The Balaban J connectivity index is 1.99. The number of carboxylic acids is 1. The lowest BCUT2D eigenvalue weighted by atomic mass is 10.1. The summed E-state index contributed by atoms with van der Waals surface area (Å²) in [5.74, 6) is -1.17. The second kappa shape index (κ2) is 3.68. The molecule has 1 aliphatic heterocycles. The van der Waals surface area contributed by atoms with E-state index in [0.29, 0.717) is 19.5 Å². The number of rotatable bonds is 3. The van der Waals surface area contributed by atoms with Gasteiger partial charge in [-0.1, -0.05) is 0 Å². The SMILES string of the molecule is O=C1CC(Cn2cnc(C(=O)O)n2)CN1. The van der Waals surface area contributed by atoms with Crippen molar-refractivity contribution in [3.05, 3.63) is 12.2 Å². The average molecular weight is 210 g/mol. The maximum absolute atomic E-state index is 10.9. The van der Waals surface area contributed by atoms with E-state index >= 15 is 0 Å². The molecule has 1 saturated heterocycles. The molecule has 0 bridgehead atoms. The zero-order valence-electron chi connectivity index (χ0n) is 7.88. The zero-order chi connectivity index (χ0) is 10.8. The van der Waals surface area contributed by atoms with Gasteiger partial charge in [-0.3, -0.25) is 9.48 Å². The van der Waals surface area contributed by atoms with Crippen molar-refractivity contribution in [3.63, 3.8) is 0 Å². The summed E-state index contributed by atoms with van der Waals surface area (Å²) in [5, 5.41) is 15.1. The molecule has 15 heavy (non-hydrogen) atoms. The highest BCUT2D eigenvalue weighted by Gasteiger charge is 2.22. The van der Waals surface area contributed by atoms with Gasteiger partial charge in [-0.2, -0.15) is 0 Å². The maximum atomic E-state index is 10.9. The molecule has 80 valence electrons. The minimum absolute atomic E-state index is 0.0265. The molecule has 2 rings (SSSR count). The van der Waals surface area contributed by atoms with E-state index in [-0.39, 0.29) is 17.6 Å². The molecule has 1 aliphatic rings. The molecule has 2 N–H and O–H groups in total. The smallest absolute Gasteiger partial charge is 0.375 e. The Hall–Kier alpha value is -1.92. The van der Waals surface area contributed by atoms with Crippen LogP contribution in [0.15, 0.2) is 6.33 Å². The van der Waals surface area contributed by atoms with Crippen LogP contribution in [0.25, 0.3) is 0 Å². The summed E-state index contributed by atoms with van der Waals surface area (Å²) in [6.07, 6.45) is 1.83. The van der Waals surface area contributed by atoms with Crippen LogP contribution < -0.4 is 5.32 Å². The summed E-state index contributed by atoms with van der Waals surface area (Å²) in [7, 11) is 0. The van der Waals surface area contributed by atoms with Crippen LogP contribution in [0.5, 0.6) is 0 Å². The van der Waals surface area contributed by atoms with Crippen LogP contribution in [0.4, 0.5) is 0 Å². The van der Waals surface area contributed by atoms with E-state index in [4.69, 9.17) is 5.11 Å². The fraction of sp³-hybridized carbons (Fsp3) is 0.500. The number of hydrogen-bond acceptors (Lipinski definition) is 4. The number of amides is 1. The van der Waals surface area contributed by atoms with E-state index in [2.05, 4.69) is 15.4 Å². The van der Waals surface area contributed by atoms with Crippen molar-refractivity contribution in [1.29, 1.82) is 0 Å². The molecule has 0 saturated carbocycles. The van der Waals surface area contributed by atoms with E-state index in [9.17, 15) is 9.59 Å². The zero-order valence-corrected chi connectivity index (χ0v) is 7.88. The van der Waals surface area contributed by atoms with Crippen molar-refractivity contribution in [2.45, 2.75) is 13.0 Å². The van der Waals surface area contributed by atoms with Crippen LogP contribution in [0.2, 0.25) is 0 Å². The van der Waals surface area contributed by atoms with Crippen LogP contribution >= 0.6 is 0 Å². The van der Waals surface area contributed by atoms with Crippen molar-refractivity contribution in [3.8, 4) is 0 Å². The highest BCUT2D eigenvalue weighted by Crippen LogP contribution is 2.10. The average Bonchev–Trinajstić information content (AvgIpc) is 2.76. The third-order valence-electron chi connectivity index (χ3n) is 2.23. The quantitative estimate of drug-likeness (QED) is 0.674. The van der Waals surface area contributed by atoms with Crippen molar-refractivity contribution >= 4 is 11.9 Å². The van der Waals surface area contributed by atoms with Gasteiger partial charge >= 0.3 is 5.97 Å². The molecular weight excluding hydrogens is 200 g/mol. The molecule has 1 unspecified atom stereocenters. The standard InChI is InChI=1S/C8H10N4O3/c13-6-1-5(2-9-6)3-12-4-10-7(11-12)8(14)15/h4-5H,1-3H2,(H,9,13)(H,14,15). The van der Waals surface area contributed by atoms with Crippen molar-refractivity contribution in [1.82, 2.24) is 20.1 Å². The number of hydrogen-bond donors (Lipinski definition) is 2. The van der Waals surface area contributed by atoms with Crippen LogP contribution in [0.1, 0.15) is 17.0 Å². The molecule has 0 aromatic carbocycles. The lowest BCUT2D eigenvalue weighted by molar-refractivity contribution is -0.119. The molecule has 0 aliphatic carbocycles. The van der Waals surface area contributed by atoms with Crippen LogP contribution in [0, 0.1) is 5.92 Å². The minimum atomic E-state index is -1.14. The van der Waals surface area contributed by atoms with E-state index in [1.165, 1.54) is 11.0 Å². The first kappa shape index (κ1) is 9.63. The number of carbonyl (C=O) groups excluding carboxylic acids is 1. The number of nitrogens with zero attached hydrogens (tertiary/aromatic N) is 3. The molecule has 1 fully saturated rings. The number of nitrogens with one attached hydrogen (secondary N) is 1. The van der Waals surface area contributed by atoms with Gasteiger partial charge in [0.05, 0.1) is 0 Å². The van der Waals surface area contributed by atoms with Gasteiger partial charge in [-0.05, 0) is 0 Å². The third kappa shape index (κ3) is 2.12. The summed E-state index contributed by atoms with van der Waals surface area (Å²) in [6.45, 7) is 1.13. The van der Waals surface area contributed by atoms with Crippen molar-refractivity contribution < 1.29 is 14.7 Å². The lowest BCUT2D eigenvalue weighted by Crippen LogP contribution is -2.16. The molecule has 1 amide bonds. The molecule has 7 heteroatoms. The molecule has 0 radical (unpaired) electrons. The number of aromatic carboxylic acids is 1. The predicted octanol–water partition coefficient (Wildman–Crippen LogP) is -0.888. The molecule has 1 aromatic heterocycles. The van der Waals surface area contributed by atoms with Gasteiger partial charge in [-0.15, -0.1) is 5.10 Å². The topological polar surface area (TPSA) is 97.1 Å². The Kier molecular flexibility index (Phi) is 2.36. The number of aromatic nitrogens is 3. The summed E-state index contributed by atoms with van der Waals surface area (Å²) in [6, 6.07) is 0. The van der Waals surface area contributed by atoms with Gasteiger partial charge in [0.2, 0.25) is 5.91 Å².